The van der Waals surface area contributed by atoms with Gasteiger partial charge in [-0.3, -0.25) is 0 Å². The van der Waals surface area contributed by atoms with Gasteiger partial charge in [0.15, 0.2) is 0 Å². The van der Waals surface area contributed by atoms with E-state index < -0.39 is 0 Å². The third-order valence-electron chi connectivity index (χ3n) is 3.34. The molecule has 3 heteroatoms. The van der Waals surface area contributed by atoms with E-state index in [4.69, 9.17) is 9.84 Å². The highest BCUT2D eigenvalue weighted by molar-refractivity contribution is 5.27. The number of nitrogens with one attached hydrogen (secondary N) is 1. The Kier molecular flexibility index (Phi) is 7.63. The Balaban J connectivity index is 2.31. The van der Waals surface area contributed by atoms with Crippen LogP contribution >= 0.6 is 0 Å². The van der Waals surface area contributed by atoms with E-state index >= 15 is 0 Å². The predicted octanol–water partition coefficient (Wildman–Crippen LogP) is 3.36. The molecule has 0 bridgehead atoms. The lowest BCUT2D eigenvalue weighted by molar-refractivity contribution is 0.236. The molecule has 1 aromatic carbocycles. The van der Waals surface area contributed by atoms with Crippen molar-refractivity contribution in [2.45, 2.75) is 46.6 Å². The molecule has 0 aliphatic carbocycles. The number of benzene rings is 1. The fourth-order valence-corrected chi connectivity index (χ4v) is 2.11. The van der Waals surface area contributed by atoms with E-state index in [0.29, 0.717) is 0 Å². The molecule has 114 valence electrons. The van der Waals surface area contributed by atoms with Crippen molar-refractivity contribution in [2.24, 2.45) is 5.41 Å². The van der Waals surface area contributed by atoms with Crippen LogP contribution in [0.4, 0.5) is 0 Å². The third kappa shape index (κ3) is 6.92. The second-order valence-electron chi connectivity index (χ2n) is 6.09. The number of aliphatic hydroxyl groups excluding tert-OH is 1. The van der Waals surface area contributed by atoms with Crippen molar-refractivity contribution in [3.8, 4) is 5.75 Å². The molecule has 0 atom stereocenters. The maximum atomic E-state index is 8.89. The zero-order valence-electron chi connectivity index (χ0n) is 13.1. The maximum Gasteiger partial charge on any atom is 0.119 e. The molecular weight excluding hydrogens is 250 g/mol. The van der Waals surface area contributed by atoms with Crippen LogP contribution in [0.1, 0.15) is 45.6 Å². The Bertz CT molecular complexity index is 360. The zero-order chi connectivity index (χ0) is 14.8. The Morgan fingerprint density at radius 3 is 2.50 bits per heavy atom. The van der Waals surface area contributed by atoms with Gasteiger partial charge in [0.1, 0.15) is 5.75 Å². The minimum Gasteiger partial charge on any atom is -0.494 e. The van der Waals surface area contributed by atoms with Gasteiger partial charge in [-0.15, -0.1) is 0 Å². The van der Waals surface area contributed by atoms with E-state index in [-0.39, 0.29) is 12.0 Å². The van der Waals surface area contributed by atoms with Crippen LogP contribution in [0, 0.1) is 5.41 Å². The van der Waals surface area contributed by atoms with Crippen molar-refractivity contribution in [3.63, 3.8) is 0 Å². The molecule has 1 rings (SSSR count). The van der Waals surface area contributed by atoms with Gasteiger partial charge in [0, 0.05) is 19.7 Å². The molecule has 0 amide bonds. The van der Waals surface area contributed by atoms with Crippen molar-refractivity contribution >= 4 is 0 Å². The lowest BCUT2D eigenvalue weighted by Crippen LogP contribution is -2.29. The van der Waals surface area contributed by atoms with Crippen molar-refractivity contribution in [1.82, 2.24) is 5.32 Å². The molecule has 3 nitrogen and oxygen atoms in total. The van der Waals surface area contributed by atoms with Gasteiger partial charge in [-0.25, -0.2) is 0 Å². The summed E-state index contributed by atoms with van der Waals surface area (Å²) in [4.78, 5) is 0. The zero-order valence-corrected chi connectivity index (χ0v) is 13.1. The Morgan fingerprint density at radius 2 is 1.90 bits per heavy atom. The number of hydrogen-bond donors (Lipinski definition) is 2. The van der Waals surface area contributed by atoms with Crippen molar-refractivity contribution in [1.29, 1.82) is 0 Å². The summed E-state index contributed by atoms with van der Waals surface area (Å²) in [6.45, 7) is 9.46. The normalized spacial score (nSPS) is 11.6. The van der Waals surface area contributed by atoms with Gasteiger partial charge >= 0.3 is 0 Å². The molecule has 0 saturated heterocycles. The summed E-state index contributed by atoms with van der Waals surface area (Å²) >= 11 is 0. The molecule has 20 heavy (non-hydrogen) atoms. The van der Waals surface area contributed by atoms with Gasteiger partial charge in [0.2, 0.25) is 0 Å². The summed E-state index contributed by atoms with van der Waals surface area (Å²) in [7, 11) is 0. The molecular formula is C17H29NO2. The molecule has 2 N–H and O–H groups in total. The lowest BCUT2D eigenvalue weighted by Gasteiger charge is -2.24. The van der Waals surface area contributed by atoms with Crippen LogP contribution < -0.4 is 10.1 Å². The van der Waals surface area contributed by atoms with Gasteiger partial charge in [0.25, 0.3) is 0 Å². The average molecular weight is 279 g/mol. The second-order valence-corrected chi connectivity index (χ2v) is 6.09. The van der Waals surface area contributed by atoms with Crippen molar-refractivity contribution < 1.29 is 9.84 Å². The fraction of sp³-hybridized carbons (Fsp3) is 0.647. The van der Waals surface area contributed by atoms with Crippen LogP contribution in [-0.2, 0) is 6.54 Å². The van der Waals surface area contributed by atoms with E-state index in [0.717, 1.165) is 44.7 Å². The molecule has 0 spiro atoms. The minimum absolute atomic E-state index is 0.229. The van der Waals surface area contributed by atoms with E-state index in [1.807, 2.05) is 12.1 Å². The summed E-state index contributed by atoms with van der Waals surface area (Å²) in [6.07, 6.45) is 2.95. The first-order chi connectivity index (χ1) is 9.57. The van der Waals surface area contributed by atoms with Crippen LogP contribution in [0.15, 0.2) is 24.3 Å². The maximum absolute atomic E-state index is 8.89. The number of rotatable bonds is 10. The predicted molar refractivity (Wildman–Crippen MR) is 84.0 cm³/mol. The third-order valence-corrected chi connectivity index (χ3v) is 3.34. The smallest absolute Gasteiger partial charge is 0.119 e. The fourth-order valence-electron chi connectivity index (χ4n) is 2.11. The first kappa shape index (κ1) is 17.0. The van der Waals surface area contributed by atoms with E-state index in [1.165, 1.54) is 5.56 Å². The van der Waals surface area contributed by atoms with Gasteiger partial charge in [-0.2, -0.15) is 0 Å². The minimum atomic E-state index is 0.229. The Morgan fingerprint density at radius 1 is 1.20 bits per heavy atom. The quantitative estimate of drug-likeness (QED) is 0.690. The first-order valence-electron chi connectivity index (χ1n) is 7.61. The second kappa shape index (κ2) is 8.98. The molecule has 0 fully saturated rings. The van der Waals surface area contributed by atoms with E-state index in [1.54, 1.807) is 0 Å². The highest BCUT2D eigenvalue weighted by atomic mass is 16.5. The topological polar surface area (TPSA) is 41.5 Å². The SMILES string of the molecule is CCCOc1ccc(CNCC(C)(C)CCCO)cc1. The van der Waals surface area contributed by atoms with Gasteiger partial charge in [-0.1, -0.05) is 32.9 Å². The summed E-state index contributed by atoms with van der Waals surface area (Å²) < 4.78 is 5.57. The summed E-state index contributed by atoms with van der Waals surface area (Å²) in [6, 6.07) is 8.28. The highest BCUT2D eigenvalue weighted by Crippen LogP contribution is 2.21. The molecule has 1 aromatic rings. The van der Waals surface area contributed by atoms with Crippen LogP contribution in [0.5, 0.6) is 5.75 Å². The number of hydrogen-bond acceptors (Lipinski definition) is 3. The van der Waals surface area contributed by atoms with Crippen LogP contribution in [0.2, 0.25) is 0 Å². The molecule has 0 radical (unpaired) electrons. The highest BCUT2D eigenvalue weighted by Gasteiger charge is 2.16. The largest absolute Gasteiger partial charge is 0.494 e. The number of aliphatic hydroxyl groups is 1. The molecule has 0 heterocycles. The van der Waals surface area contributed by atoms with Crippen LogP contribution in [0.25, 0.3) is 0 Å². The molecule has 0 aliphatic rings. The average Bonchev–Trinajstić information content (AvgIpc) is 2.44. The van der Waals surface area contributed by atoms with Gasteiger partial charge in [-0.05, 0) is 42.4 Å². The molecule has 0 unspecified atom stereocenters. The summed E-state index contributed by atoms with van der Waals surface area (Å²) in [5.41, 5.74) is 1.50. The summed E-state index contributed by atoms with van der Waals surface area (Å²) in [5.74, 6) is 0.943. The Hall–Kier alpha value is -1.06. The van der Waals surface area contributed by atoms with Crippen molar-refractivity contribution in [3.05, 3.63) is 29.8 Å². The first-order valence-corrected chi connectivity index (χ1v) is 7.61. The number of ether oxygens (including phenoxy) is 1. The summed E-state index contributed by atoms with van der Waals surface area (Å²) in [5, 5.41) is 12.4. The molecule has 0 saturated carbocycles. The van der Waals surface area contributed by atoms with Gasteiger partial charge < -0.3 is 15.2 Å². The van der Waals surface area contributed by atoms with Crippen molar-refractivity contribution in [2.75, 3.05) is 19.8 Å². The Labute approximate surface area is 123 Å². The lowest BCUT2D eigenvalue weighted by atomic mass is 9.88. The van der Waals surface area contributed by atoms with Crippen LogP contribution in [0.3, 0.4) is 0 Å². The molecule has 0 aliphatic heterocycles. The monoisotopic (exact) mass is 279 g/mol. The van der Waals surface area contributed by atoms with E-state index in [2.05, 4.69) is 38.2 Å². The van der Waals surface area contributed by atoms with E-state index in [9.17, 15) is 0 Å². The van der Waals surface area contributed by atoms with Gasteiger partial charge in [0.05, 0.1) is 6.61 Å². The standard InChI is InChI=1S/C17H29NO2/c1-4-12-20-16-8-6-15(7-9-16)13-18-14-17(2,3)10-5-11-19/h6-9,18-19H,4-5,10-14H2,1-3H3. The van der Waals surface area contributed by atoms with Crippen LogP contribution in [-0.4, -0.2) is 24.9 Å². The molecule has 0 aromatic heterocycles.